The number of aryl methyl sites for hydroxylation is 2. The molecule has 0 N–H and O–H groups in total. The molecule has 1 heterocycles. The summed E-state index contributed by atoms with van der Waals surface area (Å²) in [5, 5.41) is 0. The number of rotatable bonds is 14. The molecule has 2 heteroatoms. The van der Waals surface area contributed by atoms with Crippen LogP contribution in [0.5, 0.6) is 0 Å². The minimum atomic E-state index is 1.19. The van der Waals surface area contributed by atoms with Crippen LogP contribution in [-0.2, 0) is 13.1 Å². The molecule has 0 fully saturated rings. The van der Waals surface area contributed by atoms with Crippen molar-refractivity contribution in [2.24, 2.45) is 0 Å². The number of imidazole rings is 1. The van der Waals surface area contributed by atoms with Crippen LogP contribution >= 0.6 is 0 Å². The first kappa shape index (κ1) is 19.3. The van der Waals surface area contributed by atoms with E-state index in [4.69, 9.17) is 0 Å². The van der Waals surface area contributed by atoms with Gasteiger partial charge in [0.15, 0.2) is 0 Å². The molecule has 0 spiro atoms. The van der Waals surface area contributed by atoms with Gasteiger partial charge in [0.25, 0.3) is 5.82 Å². The van der Waals surface area contributed by atoms with Gasteiger partial charge in [-0.25, -0.2) is 9.13 Å². The maximum atomic E-state index is 2.44. The van der Waals surface area contributed by atoms with E-state index >= 15 is 0 Å². The summed E-state index contributed by atoms with van der Waals surface area (Å²) < 4.78 is 4.87. The van der Waals surface area contributed by atoms with Crippen LogP contribution in [0.25, 0.3) is 0 Å². The predicted octanol–water partition coefficient (Wildman–Crippen LogP) is 5.81. The normalized spacial score (nSPS) is 11.2. The minimum absolute atomic E-state index is 1.19. The van der Waals surface area contributed by atoms with Crippen LogP contribution < -0.4 is 4.57 Å². The van der Waals surface area contributed by atoms with E-state index < -0.39 is 0 Å². The smallest absolute Gasteiger partial charge is 0.234 e. The third kappa shape index (κ3) is 8.00. The summed E-state index contributed by atoms with van der Waals surface area (Å²) in [7, 11) is 0. The maximum Gasteiger partial charge on any atom is 0.253 e. The molecule has 0 aliphatic rings. The fraction of sp³-hybridized carbons (Fsp3) is 0.850. The summed E-state index contributed by atoms with van der Waals surface area (Å²) in [6, 6.07) is 0. The van der Waals surface area contributed by atoms with Crippen LogP contribution in [0.1, 0.15) is 96.7 Å². The van der Waals surface area contributed by atoms with Crippen molar-refractivity contribution < 1.29 is 4.57 Å². The van der Waals surface area contributed by atoms with Crippen molar-refractivity contribution in [3.05, 3.63) is 18.2 Å². The number of hydrogen-bond acceptors (Lipinski definition) is 0. The Morgan fingerprint density at radius 2 is 1.32 bits per heavy atom. The molecule has 1 aromatic rings. The van der Waals surface area contributed by atoms with E-state index in [1.165, 1.54) is 96.0 Å². The SMILES string of the molecule is CCCCCCCCCC[n+]1ccn(CCCCCC)c1C. The van der Waals surface area contributed by atoms with Gasteiger partial charge >= 0.3 is 0 Å². The molecular formula is C20H39N2+. The molecule has 0 amide bonds. The van der Waals surface area contributed by atoms with Gasteiger partial charge < -0.3 is 0 Å². The Labute approximate surface area is 138 Å². The van der Waals surface area contributed by atoms with E-state index in [9.17, 15) is 0 Å². The Hall–Kier alpha value is -0.790. The maximum absolute atomic E-state index is 2.44. The summed E-state index contributed by atoms with van der Waals surface area (Å²) in [6.45, 7) is 9.22. The average Bonchev–Trinajstić information content (AvgIpc) is 2.87. The summed E-state index contributed by atoms with van der Waals surface area (Å²) in [4.78, 5) is 0. The lowest BCUT2D eigenvalue weighted by Crippen LogP contribution is -2.35. The molecule has 0 aliphatic heterocycles. The molecule has 128 valence electrons. The molecule has 0 aliphatic carbocycles. The number of nitrogens with zero attached hydrogens (tertiary/aromatic N) is 2. The van der Waals surface area contributed by atoms with Gasteiger partial charge in [-0.2, -0.15) is 0 Å². The Balaban J connectivity index is 2.11. The first-order valence-electron chi connectivity index (χ1n) is 9.84. The Bertz CT molecular complexity index is 368. The molecule has 0 bridgehead atoms. The van der Waals surface area contributed by atoms with Crippen molar-refractivity contribution in [3.63, 3.8) is 0 Å². The van der Waals surface area contributed by atoms with Gasteiger partial charge in [0.05, 0.1) is 13.1 Å². The predicted molar refractivity (Wildman–Crippen MR) is 96.1 cm³/mol. The Kier molecular flexibility index (Phi) is 11.1. The quantitative estimate of drug-likeness (QED) is 0.303. The molecule has 0 saturated carbocycles. The lowest BCUT2D eigenvalue weighted by atomic mass is 10.1. The Morgan fingerprint density at radius 3 is 1.95 bits per heavy atom. The molecule has 0 radical (unpaired) electrons. The van der Waals surface area contributed by atoms with E-state index in [0.717, 1.165) is 0 Å². The average molecular weight is 308 g/mol. The van der Waals surface area contributed by atoms with E-state index in [1.807, 2.05) is 0 Å². The summed E-state index contributed by atoms with van der Waals surface area (Å²) in [6.07, 6.45) is 21.1. The first-order valence-corrected chi connectivity index (χ1v) is 9.84. The molecule has 0 aromatic carbocycles. The zero-order valence-corrected chi connectivity index (χ0v) is 15.4. The number of hydrogen-bond donors (Lipinski definition) is 0. The second-order valence-electron chi connectivity index (χ2n) is 6.77. The van der Waals surface area contributed by atoms with Crippen molar-refractivity contribution in [1.29, 1.82) is 0 Å². The second kappa shape index (κ2) is 12.7. The lowest BCUT2D eigenvalue weighted by Gasteiger charge is -2.03. The minimum Gasteiger partial charge on any atom is -0.234 e. The highest BCUT2D eigenvalue weighted by molar-refractivity contribution is 4.79. The zero-order valence-electron chi connectivity index (χ0n) is 15.4. The van der Waals surface area contributed by atoms with Crippen molar-refractivity contribution in [2.45, 2.75) is 111 Å². The van der Waals surface area contributed by atoms with E-state index in [1.54, 1.807) is 0 Å². The Morgan fingerprint density at radius 1 is 0.773 bits per heavy atom. The molecule has 0 atom stereocenters. The summed E-state index contributed by atoms with van der Waals surface area (Å²) >= 11 is 0. The van der Waals surface area contributed by atoms with Crippen molar-refractivity contribution in [3.8, 4) is 0 Å². The van der Waals surface area contributed by atoms with Gasteiger partial charge in [-0.05, 0) is 25.7 Å². The molecule has 0 saturated heterocycles. The van der Waals surface area contributed by atoms with Crippen molar-refractivity contribution in [2.75, 3.05) is 0 Å². The van der Waals surface area contributed by atoms with Gasteiger partial charge in [0.1, 0.15) is 12.4 Å². The lowest BCUT2D eigenvalue weighted by molar-refractivity contribution is -0.702. The van der Waals surface area contributed by atoms with Gasteiger partial charge in [0.2, 0.25) is 0 Å². The van der Waals surface area contributed by atoms with Gasteiger partial charge in [-0.15, -0.1) is 0 Å². The summed E-state index contributed by atoms with van der Waals surface area (Å²) in [5.41, 5.74) is 0. The van der Waals surface area contributed by atoms with Crippen LogP contribution in [0.2, 0.25) is 0 Å². The fourth-order valence-corrected chi connectivity index (χ4v) is 3.14. The van der Waals surface area contributed by atoms with Crippen LogP contribution in [0, 0.1) is 6.92 Å². The van der Waals surface area contributed by atoms with Gasteiger partial charge in [0, 0.05) is 6.92 Å². The fourth-order valence-electron chi connectivity index (χ4n) is 3.14. The monoisotopic (exact) mass is 307 g/mol. The van der Waals surface area contributed by atoms with Crippen LogP contribution in [0.3, 0.4) is 0 Å². The highest BCUT2D eigenvalue weighted by Crippen LogP contribution is 2.09. The molecular weight excluding hydrogens is 268 g/mol. The molecule has 0 unspecified atom stereocenters. The van der Waals surface area contributed by atoms with E-state index in [2.05, 4.69) is 42.3 Å². The topological polar surface area (TPSA) is 8.81 Å². The molecule has 1 rings (SSSR count). The first-order chi connectivity index (χ1) is 10.8. The highest BCUT2D eigenvalue weighted by atomic mass is 15.1. The standard InChI is InChI=1S/C20H39N2/c1-4-6-8-10-11-12-13-15-17-22-19-18-21(20(22)3)16-14-9-7-5-2/h18-19H,4-17H2,1-3H3/q+1. The summed E-state index contributed by atoms with van der Waals surface area (Å²) in [5.74, 6) is 1.43. The zero-order chi connectivity index (χ0) is 16.0. The van der Waals surface area contributed by atoms with Gasteiger partial charge in [-0.1, -0.05) is 65.2 Å². The number of unbranched alkanes of at least 4 members (excludes halogenated alkanes) is 10. The van der Waals surface area contributed by atoms with Crippen LogP contribution in [0.4, 0.5) is 0 Å². The van der Waals surface area contributed by atoms with E-state index in [0.29, 0.717) is 0 Å². The van der Waals surface area contributed by atoms with Crippen molar-refractivity contribution in [1.82, 2.24) is 4.57 Å². The van der Waals surface area contributed by atoms with Gasteiger partial charge in [-0.3, -0.25) is 0 Å². The highest BCUT2D eigenvalue weighted by Gasteiger charge is 2.10. The van der Waals surface area contributed by atoms with Crippen molar-refractivity contribution >= 4 is 0 Å². The number of aromatic nitrogens is 2. The molecule has 1 aromatic heterocycles. The third-order valence-electron chi connectivity index (χ3n) is 4.76. The van der Waals surface area contributed by atoms with Crippen LogP contribution in [0.15, 0.2) is 12.4 Å². The molecule has 22 heavy (non-hydrogen) atoms. The van der Waals surface area contributed by atoms with Crippen LogP contribution in [-0.4, -0.2) is 4.57 Å². The van der Waals surface area contributed by atoms with E-state index in [-0.39, 0.29) is 0 Å². The largest absolute Gasteiger partial charge is 0.253 e. The molecule has 2 nitrogen and oxygen atoms in total. The third-order valence-corrected chi connectivity index (χ3v) is 4.76. The second-order valence-corrected chi connectivity index (χ2v) is 6.77.